The van der Waals surface area contributed by atoms with Gasteiger partial charge in [-0.05, 0) is 60.8 Å². The standard InChI is InChI=1S/C25H31ClN2O/c1-2-20(14-18-8-11-22(26)12-9-18)25(29)27-24-13-10-21-16-28(17-23(21)24)15-19-6-4-3-5-7-19/h3-9,11-12,20-21,23-24H,2,10,13-17H2,1H3,(H,27,29)/t20?,21-,23+,24+/m1/s1. The van der Waals surface area contributed by atoms with Crippen molar-refractivity contribution >= 4 is 17.5 Å². The number of carbonyl (C=O) groups is 1. The predicted octanol–water partition coefficient (Wildman–Crippen LogP) is 4.94. The molecule has 4 atom stereocenters. The van der Waals surface area contributed by atoms with Crippen LogP contribution in [0.4, 0.5) is 0 Å². The smallest absolute Gasteiger partial charge is 0.223 e. The summed E-state index contributed by atoms with van der Waals surface area (Å²) >= 11 is 5.99. The minimum atomic E-state index is 0.0250. The molecule has 1 amide bonds. The quantitative estimate of drug-likeness (QED) is 0.701. The summed E-state index contributed by atoms with van der Waals surface area (Å²) < 4.78 is 0. The SMILES string of the molecule is CCC(Cc1ccc(Cl)cc1)C(=O)N[C@H]1CC[C@@H]2CN(Cc3ccccc3)C[C@@H]21. The molecule has 1 saturated heterocycles. The van der Waals surface area contributed by atoms with Gasteiger partial charge in [0.2, 0.25) is 5.91 Å². The highest BCUT2D eigenvalue weighted by Gasteiger charge is 2.43. The number of likely N-dealkylation sites (tertiary alicyclic amines) is 1. The lowest BCUT2D eigenvalue weighted by Crippen LogP contribution is -2.43. The highest BCUT2D eigenvalue weighted by atomic mass is 35.5. The van der Waals surface area contributed by atoms with Crippen LogP contribution >= 0.6 is 11.6 Å². The molecule has 0 radical (unpaired) electrons. The number of nitrogens with one attached hydrogen (secondary N) is 1. The maximum absolute atomic E-state index is 13.0. The second-order valence-corrected chi connectivity index (χ2v) is 9.17. The molecule has 0 bridgehead atoms. The molecule has 1 heterocycles. The first-order chi connectivity index (χ1) is 14.1. The Morgan fingerprint density at radius 2 is 1.83 bits per heavy atom. The van der Waals surface area contributed by atoms with Crippen LogP contribution < -0.4 is 5.32 Å². The zero-order valence-electron chi connectivity index (χ0n) is 17.2. The van der Waals surface area contributed by atoms with E-state index in [1.54, 1.807) is 0 Å². The van der Waals surface area contributed by atoms with E-state index < -0.39 is 0 Å². The van der Waals surface area contributed by atoms with Crippen LogP contribution in [0, 0.1) is 17.8 Å². The third-order valence-electron chi connectivity index (χ3n) is 6.77. The Bertz CT molecular complexity index is 807. The van der Waals surface area contributed by atoms with E-state index in [1.807, 2.05) is 24.3 Å². The molecular formula is C25H31ClN2O. The maximum atomic E-state index is 13.0. The van der Waals surface area contributed by atoms with E-state index in [-0.39, 0.29) is 11.8 Å². The number of halogens is 1. The average Bonchev–Trinajstić information content (AvgIpc) is 3.29. The Balaban J connectivity index is 1.32. The molecule has 2 aliphatic rings. The molecule has 3 nitrogen and oxygen atoms in total. The summed E-state index contributed by atoms with van der Waals surface area (Å²) in [5.41, 5.74) is 2.55. The summed E-state index contributed by atoms with van der Waals surface area (Å²) in [4.78, 5) is 15.6. The van der Waals surface area contributed by atoms with E-state index in [2.05, 4.69) is 47.5 Å². The van der Waals surface area contributed by atoms with Gasteiger partial charge in [0, 0.05) is 36.6 Å². The molecule has 1 aliphatic heterocycles. The van der Waals surface area contributed by atoms with Gasteiger partial charge < -0.3 is 5.32 Å². The van der Waals surface area contributed by atoms with Crippen molar-refractivity contribution in [3.63, 3.8) is 0 Å². The van der Waals surface area contributed by atoms with Crippen molar-refractivity contribution in [3.8, 4) is 0 Å². The van der Waals surface area contributed by atoms with Gasteiger partial charge in [-0.25, -0.2) is 0 Å². The van der Waals surface area contributed by atoms with Crippen molar-refractivity contribution < 1.29 is 4.79 Å². The predicted molar refractivity (Wildman–Crippen MR) is 119 cm³/mol. The molecule has 0 aromatic heterocycles. The van der Waals surface area contributed by atoms with Gasteiger partial charge in [0.05, 0.1) is 0 Å². The molecule has 1 unspecified atom stereocenters. The first-order valence-electron chi connectivity index (χ1n) is 10.9. The molecule has 2 aromatic rings. The summed E-state index contributed by atoms with van der Waals surface area (Å²) in [6.45, 7) is 5.38. The van der Waals surface area contributed by atoms with Gasteiger partial charge in [0.25, 0.3) is 0 Å². The zero-order chi connectivity index (χ0) is 20.2. The van der Waals surface area contributed by atoms with Gasteiger partial charge >= 0.3 is 0 Å². The summed E-state index contributed by atoms with van der Waals surface area (Å²) in [7, 11) is 0. The maximum Gasteiger partial charge on any atom is 0.223 e. The summed E-state index contributed by atoms with van der Waals surface area (Å²) in [5.74, 6) is 1.56. The fourth-order valence-corrected chi connectivity index (χ4v) is 5.26. The van der Waals surface area contributed by atoms with Crippen LogP contribution in [0.5, 0.6) is 0 Å². The Morgan fingerprint density at radius 1 is 1.07 bits per heavy atom. The first kappa shape index (κ1) is 20.4. The molecule has 1 N–H and O–H groups in total. The average molecular weight is 411 g/mol. The molecule has 2 fully saturated rings. The number of fused-ring (bicyclic) bond motifs is 1. The largest absolute Gasteiger partial charge is 0.353 e. The lowest BCUT2D eigenvalue weighted by molar-refractivity contribution is -0.126. The van der Waals surface area contributed by atoms with Gasteiger partial charge in [-0.2, -0.15) is 0 Å². The van der Waals surface area contributed by atoms with E-state index in [4.69, 9.17) is 11.6 Å². The van der Waals surface area contributed by atoms with E-state index in [9.17, 15) is 4.79 Å². The summed E-state index contributed by atoms with van der Waals surface area (Å²) in [6, 6.07) is 18.9. The fourth-order valence-electron chi connectivity index (χ4n) is 5.14. The highest BCUT2D eigenvalue weighted by molar-refractivity contribution is 6.30. The van der Waals surface area contributed by atoms with Gasteiger partial charge in [-0.1, -0.05) is 61.0 Å². The molecular weight excluding hydrogens is 380 g/mol. The van der Waals surface area contributed by atoms with Crippen molar-refractivity contribution in [3.05, 3.63) is 70.7 Å². The van der Waals surface area contributed by atoms with Crippen LogP contribution in [0.25, 0.3) is 0 Å². The second kappa shape index (κ2) is 9.32. The first-order valence-corrected chi connectivity index (χ1v) is 11.3. The minimum absolute atomic E-state index is 0.0250. The summed E-state index contributed by atoms with van der Waals surface area (Å²) in [5, 5.41) is 4.17. The molecule has 0 spiro atoms. The number of carbonyl (C=O) groups excluding carboxylic acids is 1. The number of amides is 1. The Hall–Kier alpha value is -1.84. The number of hydrogen-bond acceptors (Lipinski definition) is 2. The monoisotopic (exact) mass is 410 g/mol. The van der Waals surface area contributed by atoms with E-state index in [1.165, 1.54) is 17.5 Å². The molecule has 4 rings (SSSR count). The van der Waals surface area contributed by atoms with Crippen LogP contribution in [0.1, 0.15) is 37.3 Å². The summed E-state index contributed by atoms with van der Waals surface area (Å²) in [6.07, 6.45) is 3.99. The van der Waals surface area contributed by atoms with Crippen molar-refractivity contribution in [2.75, 3.05) is 13.1 Å². The van der Waals surface area contributed by atoms with Gasteiger partial charge in [0.1, 0.15) is 0 Å². The lowest BCUT2D eigenvalue weighted by atomic mass is 9.94. The Labute approximate surface area is 179 Å². The normalized spacial score (nSPS) is 25.0. The Morgan fingerprint density at radius 3 is 2.55 bits per heavy atom. The van der Waals surface area contributed by atoms with Crippen LogP contribution in [-0.4, -0.2) is 29.9 Å². The minimum Gasteiger partial charge on any atom is -0.353 e. The fraction of sp³-hybridized carbons (Fsp3) is 0.480. The van der Waals surface area contributed by atoms with Crippen LogP contribution in [0.3, 0.4) is 0 Å². The second-order valence-electron chi connectivity index (χ2n) is 8.73. The molecule has 154 valence electrons. The third kappa shape index (κ3) is 5.02. The van der Waals surface area contributed by atoms with Crippen molar-refractivity contribution in [2.45, 2.75) is 45.2 Å². The topological polar surface area (TPSA) is 32.3 Å². The number of hydrogen-bond donors (Lipinski definition) is 1. The molecule has 2 aromatic carbocycles. The molecule has 1 aliphatic carbocycles. The van der Waals surface area contributed by atoms with Gasteiger partial charge in [0.15, 0.2) is 0 Å². The zero-order valence-corrected chi connectivity index (χ0v) is 17.9. The van der Waals surface area contributed by atoms with Gasteiger partial charge in [-0.15, -0.1) is 0 Å². The van der Waals surface area contributed by atoms with E-state index in [0.29, 0.717) is 12.0 Å². The Kier molecular flexibility index (Phi) is 6.56. The third-order valence-corrected chi connectivity index (χ3v) is 7.02. The van der Waals surface area contributed by atoms with E-state index in [0.717, 1.165) is 49.8 Å². The lowest BCUT2D eigenvalue weighted by Gasteiger charge is -2.24. The van der Waals surface area contributed by atoms with Crippen molar-refractivity contribution in [2.24, 2.45) is 17.8 Å². The number of benzene rings is 2. The van der Waals surface area contributed by atoms with Crippen LogP contribution in [0.2, 0.25) is 5.02 Å². The molecule has 29 heavy (non-hydrogen) atoms. The number of nitrogens with zero attached hydrogens (tertiary/aromatic N) is 1. The number of rotatable bonds is 7. The van der Waals surface area contributed by atoms with E-state index >= 15 is 0 Å². The highest BCUT2D eigenvalue weighted by Crippen LogP contribution is 2.39. The molecule has 1 saturated carbocycles. The van der Waals surface area contributed by atoms with Crippen molar-refractivity contribution in [1.29, 1.82) is 0 Å². The van der Waals surface area contributed by atoms with Crippen LogP contribution in [-0.2, 0) is 17.8 Å². The van der Waals surface area contributed by atoms with Gasteiger partial charge in [-0.3, -0.25) is 9.69 Å². The van der Waals surface area contributed by atoms with Crippen molar-refractivity contribution in [1.82, 2.24) is 10.2 Å². The van der Waals surface area contributed by atoms with Crippen LogP contribution in [0.15, 0.2) is 54.6 Å². The molecule has 4 heteroatoms.